The number of rotatable bonds is 8. The lowest BCUT2D eigenvalue weighted by Gasteiger charge is -2.22. The third kappa shape index (κ3) is 6.78. The van der Waals surface area contributed by atoms with Crippen molar-refractivity contribution >= 4 is 52.4 Å². The van der Waals surface area contributed by atoms with Crippen molar-refractivity contribution in [2.24, 2.45) is 0 Å². The zero-order chi connectivity index (χ0) is 25.8. The van der Waals surface area contributed by atoms with Gasteiger partial charge in [0.15, 0.2) is 0 Å². The summed E-state index contributed by atoms with van der Waals surface area (Å²) in [5.74, 6) is -0.158. The van der Waals surface area contributed by atoms with Crippen molar-refractivity contribution in [1.29, 1.82) is 0 Å². The fourth-order valence-electron chi connectivity index (χ4n) is 3.41. The molecule has 0 radical (unpaired) electrons. The number of nitrogens with zero attached hydrogens (tertiary/aromatic N) is 3. The Balaban J connectivity index is 1.89. The van der Waals surface area contributed by atoms with E-state index in [1.54, 1.807) is 47.1 Å². The Morgan fingerprint density at radius 1 is 1.00 bits per heavy atom. The van der Waals surface area contributed by atoms with E-state index in [-0.39, 0.29) is 23.8 Å². The highest BCUT2D eigenvalue weighted by atomic mass is 35.5. The minimum absolute atomic E-state index is 0.124. The van der Waals surface area contributed by atoms with Crippen LogP contribution in [-0.2, 0) is 10.2 Å². The number of halogens is 3. The number of nitrogens with one attached hydrogen (secondary N) is 1. The van der Waals surface area contributed by atoms with Crippen LogP contribution in [0.5, 0.6) is 0 Å². The van der Waals surface area contributed by atoms with Gasteiger partial charge in [-0.2, -0.15) is 5.10 Å². The number of hydrogen-bond acceptors (Lipinski definition) is 3. The largest absolute Gasteiger partial charge is 0.329 e. The Morgan fingerprint density at radius 2 is 1.71 bits per heavy atom. The van der Waals surface area contributed by atoms with E-state index < -0.39 is 0 Å². The van der Waals surface area contributed by atoms with Crippen LogP contribution in [-0.4, -0.2) is 39.6 Å². The predicted octanol–water partition coefficient (Wildman–Crippen LogP) is 7.01. The second-order valence-electron chi connectivity index (χ2n) is 9.28. The van der Waals surface area contributed by atoms with E-state index in [2.05, 4.69) is 5.32 Å². The first-order valence-electron chi connectivity index (χ1n) is 11.4. The van der Waals surface area contributed by atoms with Gasteiger partial charge in [-0.25, -0.2) is 4.68 Å². The number of amides is 2. The van der Waals surface area contributed by atoms with Crippen molar-refractivity contribution in [3.63, 3.8) is 0 Å². The fourth-order valence-corrected chi connectivity index (χ4v) is 3.92. The smallest absolute Gasteiger partial charge is 0.255 e. The Labute approximate surface area is 221 Å². The van der Waals surface area contributed by atoms with Gasteiger partial charge >= 0.3 is 0 Å². The highest BCUT2D eigenvalue weighted by Gasteiger charge is 2.24. The molecule has 1 heterocycles. The van der Waals surface area contributed by atoms with Crippen LogP contribution in [0.2, 0.25) is 15.1 Å². The van der Waals surface area contributed by atoms with Crippen LogP contribution in [0.4, 0.5) is 5.82 Å². The van der Waals surface area contributed by atoms with Crippen molar-refractivity contribution in [3.05, 3.63) is 74.9 Å². The van der Waals surface area contributed by atoms with Gasteiger partial charge in [0, 0.05) is 18.0 Å². The first-order chi connectivity index (χ1) is 16.5. The molecule has 0 aliphatic carbocycles. The fraction of sp³-hybridized carbons (Fsp3) is 0.346. The second-order valence-corrected chi connectivity index (χ2v) is 10.5. The van der Waals surface area contributed by atoms with E-state index in [4.69, 9.17) is 39.9 Å². The van der Waals surface area contributed by atoms with Gasteiger partial charge in [0.2, 0.25) is 5.91 Å². The van der Waals surface area contributed by atoms with Gasteiger partial charge in [-0.15, -0.1) is 0 Å². The van der Waals surface area contributed by atoms with Gasteiger partial charge in [-0.1, -0.05) is 81.1 Å². The van der Waals surface area contributed by atoms with Gasteiger partial charge in [-0.05, 0) is 36.8 Å². The summed E-state index contributed by atoms with van der Waals surface area (Å²) in [5, 5.41) is 8.78. The molecule has 0 spiro atoms. The van der Waals surface area contributed by atoms with Crippen LogP contribution >= 0.6 is 34.8 Å². The van der Waals surface area contributed by atoms with Crippen molar-refractivity contribution in [3.8, 4) is 5.69 Å². The lowest BCUT2D eigenvalue weighted by molar-refractivity contribution is -0.117. The minimum atomic E-state index is -0.344. The first kappa shape index (κ1) is 27.1. The van der Waals surface area contributed by atoms with E-state index in [1.165, 1.54) is 4.90 Å². The van der Waals surface area contributed by atoms with Gasteiger partial charge < -0.3 is 10.2 Å². The normalized spacial score (nSPS) is 11.4. The van der Waals surface area contributed by atoms with Gasteiger partial charge in [0.05, 0.1) is 32.0 Å². The molecule has 0 unspecified atom stereocenters. The molecular weight excluding hydrogens is 507 g/mol. The number of carbonyl (C=O) groups excluding carboxylic acids is 2. The molecular formula is C26H29Cl3N4O2. The van der Waals surface area contributed by atoms with Gasteiger partial charge in [-0.3, -0.25) is 9.59 Å². The highest BCUT2D eigenvalue weighted by Crippen LogP contribution is 2.29. The predicted molar refractivity (Wildman–Crippen MR) is 143 cm³/mol. The number of benzene rings is 2. The molecule has 3 rings (SSSR count). The lowest BCUT2D eigenvalue weighted by atomic mass is 9.92. The zero-order valence-corrected chi connectivity index (χ0v) is 22.5. The summed E-state index contributed by atoms with van der Waals surface area (Å²) in [6.07, 6.45) is 1.64. The molecule has 2 amide bonds. The lowest BCUT2D eigenvalue weighted by Crippen LogP contribution is -2.39. The number of carbonyl (C=O) groups is 2. The van der Waals surface area contributed by atoms with Crippen LogP contribution in [0.3, 0.4) is 0 Å². The van der Waals surface area contributed by atoms with Crippen LogP contribution in [0.1, 0.15) is 56.6 Å². The second kappa shape index (κ2) is 11.5. The summed E-state index contributed by atoms with van der Waals surface area (Å²) in [4.78, 5) is 27.8. The third-order valence-electron chi connectivity index (χ3n) is 5.40. The van der Waals surface area contributed by atoms with Crippen LogP contribution < -0.4 is 5.32 Å². The summed E-state index contributed by atoms with van der Waals surface area (Å²) >= 11 is 18.5. The Bertz CT molecular complexity index is 1220. The molecule has 186 valence electrons. The average Bonchev–Trinajstić information content (AvgIpc) is 3.22. The molecule has 6 nitrogen and oxygen atoms in total. The Morgan fingerprint density at radius 3 is 2.34 bits per heavy atom. The van der Waals surface area contributed by atoms with Crippen LogP contribution in [0.15, 0.2) is 48.5 Å². The Kier molecular flexibility index (Phi) is 8.86. The minimum Gasteiger partial charge on any atom is -0.329 e. The highest BCUT2D eigenvalue weighted by molar-refractivity contribution is 6.42. The summed E-state index contributed by atoms with van der Waals surface area (Å²) in [5.41, 5.74) is 1.55. The van der Waals surface area contributed by atoms with E-state index in [1.807, 2.05) is 33.8 Å². The van der Waals surface area contributed by atoms with Crippen LogP contribution in [0.25, 0.3) is 5.69 Å². The maximum absolute atomic E-state index is 13.2. The van der Waals surface area contributed by atoms with Crippen molar-refractivity contribution in [1.82, 2.24) is 14.7 Å². The molecule has 1 N–H and O–H groups in total. The van der Waals surface area contributed by atoms with Crippen molar-refractivity contribution in [2.45, 2.75) is 46.0 Å². The van der Waals surface area contributed by atoms with Crippen molar-refractivity contribution < 1.29 is 9.59 Å². The molecule has 2 aromatic carbocycles. The summed E-state index contributed by atoms with van der Waals surface area (Å²) in [6.45, 7) is 8.45. The maximum Gasteiger partial charge on any atom is 0.255 e. The molecule has 1 aromatic heterocycles. The molecule has 0 aliphatic heterocycles. The van der Waals surface area contributed by atoms with E-state index in [9.17, 15) is 9.59 Å². The summed E-state index contributed by atoms with van der Waals surface area (Å²) < 4.78 is 1.62. The Hall–Kier alpha value is -2.54. The summed E-state index contributed by atoms with van der Waals surface area (Å²) in [6, 6.07) is 13.8. The standard InChI is InChI=1S/C26H29Cl3N4O2/c1-5-6-13-32(25(35)18-9-7-8-10-19(18)27)16-24(34)30-23-15-22(26(2,3)4)31-33(23)17-11-12-20(28)21(29)14-17/h7-12,14-15H,5-6,13,16H2,1-4H3,(H,30,34). The molecule has 0 bridgehead atoms. The topological polar surface area (TPSA) is 67.2 Å². The van der Waals surface area contributed by atoms with Gasteiger partial charge in [0.25, 0.3) is 5.91 Å². The maximum atomic E-state index is 13.2. The van der Waals surface area contributed by atoms with Crippen LogP contribution in [0, 0.1) is 0 Å². The van der Waals surface area contributed by atoms with E-state index in [0.717, 1.165) is 18.5 Å². The third-order valence-corrected chi connectivity index (χ3v) is 6.47. The van der Waals surface area contributed by atoms with Gasteiger partial charge in [0.1, 0.15) is 12.4 Å². The molecule has 0 saturated heterocycles. The number of aromatic nitrogens is 2. The number of hydrogen-bond donors (Lipinski definition) is 1. The first-order valence-corrected chi connectivity index (χ1v) is 12.5. The van der Waals surface area contributed by atoms with E-state index in [0.29, 0.717) is 38.7 Å². The zero-order valence-electron chi connectivity index (χ0n) is 20.2. The SMILES string of the molecule is CCCCN(CC(=O)Nc1cc(C(C)(C)C)nn1-c1ccc(Cl)c(Cl)c1)C(=O)c1ccccc1Cl. The molecule has 0 aliphatic rings. The van der Waals surface area contributed by atoms with E-state index >= 15 is 0 Å². The molecule has 0 atom stereocenters. The quantitative estimate of drug-likeness (QED) is 0.337. The molecule has 35 heavy (non-hydrogen) atoms. The summed E-state index contributed by atoms with van der Waals surface area (Å²) in [7, 11) is 0. The number of anilines is 1. The van der Waals surface area contributed by atoms with Crippen molar-refractivity contribution in [2.75, 3.05) is 18.4 Å². The average molecular weight is 536 g/mol. The molecule has 0 saturated carbocycles. The molecule has 3 aromatic rings. The molecule has 0 fully saturated rings. The molecule has 9 heteroatoms. The number of unbranched alkanes of at least 4 members (excludes halogenated alkanes) is 1. The monoisotopic (exact) mass is 534 g/mol.